The van der Waals surface area contributed by atoms with E-state index in [0.717, 1.165) is 58.1 Å². The molecule has 0 bridgehead atoms. The number of carbonyl (C=O) groups excluding carboxylic acids is 1. The van der Waals surface area contributed by atoms with Crippen molar-refractivity contribution >= 4 is 51.2 Å². The van der Waals surface area contributed by atoms with Crippen LogP contribution < -0.4 is 15.5 Å². The van der Waals surface area contributed by atoms with Crippen molar-refractivity contribution in [1.29, 1.82) is 0 Å². The van der Waals surface area contributed by atoms with Gasteiger partial charge in [0.05, 0.1) is 5.52 Å². The Balaban J connectivity index is 1.32. The third-order valence-corrected chi connectivity index (χ3v) is 6.50. The number of fused-ring (bicyclic) bond motifs is 1. The maximum Gasteiger partial charge on any atom is 0.251 e. The van der Waals surface area contributed by atoms with Crippen LogP contribution in [0.2, 0.25) is 0 Å². The summed E-state index contributed by atoms with van der Waals surface area (Å²) in [7, 11) is 4.02. The van der Waals surface area contributed by atoms with Crippen molar-refractivity contribution in [3.05, 3.63) is 57.7 Å². The lowest BCUT2D eigenvalue weighted by atomic mass is 9.86. The molecule has 0 aliphatic heterocycles. The molecular weight excluding hydrogens is 501 g/mol. The molecule has 2 N–H and O–H groups in total. The molecule has 2 aromatic carbocycles. The summed E-state index contributed by atoms with van der Waals surface area (Å²) in [6.45, 7) is 0.730. The molecule has 1 fully saturated rings. The molecule has 3 aromatic rings. The van der Waals surface area contributed by atoms with E-state index in [1.54, 1.807) is 0 Å². The molecule has 0 atom stereocenters. The average Bonchev–Trinajstić information content (AvgIpc) is 2.77. The first-order valence-electron chi connectivity index (χ1n) is 10.7. The SMILES string of the molecule is CN(C)c1nc(N[C@H]2CC[C@@H](CNC(=O)c3cccc(I)c3)CC2)nc2ccccc12. The first kappa shape index (κ1) is 21.8. The highest BCUT2D eigenvalue weighted by Gasteiger charge is 2.23. The summed E-state index contributed by atoms with van der Waals surface area (Å²) in [5.74, 6) is 2.15. The average molecular weight is 529 g/mol. The fourth-order valence-electron chi connectivity index (χ4n) is 4.13. The van der Waals surface area contributed by atoms with E-state index >= 15 is 0 Å². The van der Waals surface area contributed by atoms with Gasteiger partial charge in [0.1, 0.15) is 5.82 Å². The Hall–Kier alpha value is -2.42. The monoisotopic (exact) mass is 529 g/mol. The lowest BCUT2D eigenvalue weighted by Crippen LogP contribution is -2.34. The smallest absolute Gasteiger partial charge is 0.251 e. The van der Waals surface area contributed by atoms with E-state index in [-0.39, 0.29) is 5.91 Å². The van der Waals surface area contributed by atoms with Crippen molar-refractivity contribution in [3.8, 4) is 0 Å². The van der Waals surface area contributed by atoms with Gasteiger partial charge in [-0.3, -0.25) is 4.79 Å². The highest BCUT2D eigenvalue weighted by atomic mass is 127. The van der Waals surface area contributed by atoms with Gasteiger partial charge >= 0.3 is 0 Å². The number of halogens is 1. The number of nitrogens with zero attached hydrogens (tertiary/aromatic N) is 3. The Morgan fingerprint density at radius 2 is 1.84 bits per heavy atom. The second-order valence-corrected chi connectivity index (χ2v) is 9.61. The Morgan fingerprint density at radius 3 is 2.58 bits per heavy atom. The second kappa shape index (κ2) is 9.80. The van der Waals surface area contributed by atoms with Crippen LogP contribution in [0.1, 0.15) is 36.0 Å². The van der Waals surface area contributed by atoms with Crippen molar-refractivity contribution < 1.29 is 4.79 Å². The van der Waals surface area contributed by atoms with Crippen LogP contribution in [-0.4, -0.2) is 42.6 Å². The molecule has 7 heteroatoms. The molecule has 0 spiro atoms. The molecule has 1 aliphatic carbocycles. The predicted molar refractivity (Wildman–Crippen MR) is 135 cm³/mol. The predicted octanol–water partition coefficient (Wildman–Crippen LogP) is 4.70. The van der Waals surface area contributed by atoms with Gasteiger partial charge in [-0.25, -0.2) is 4.98 Å². The van der Waals surface area contributed by atoms with E-state index in [1.807, 2.05) is 61.5 Å². The molecule has 1 aromatic heterocycles. The molecule has 0 unspecified atom stereocenters. The number of hydrogen-bond acceptors (Lipinski definition) is 5. The molecule has 4 rings (SSSR count). The molecule has 1 saturated carbocycles. The van der Waals surface area contributed by atoms with E-state index in [2.05, 4.69) is 39.3 Å². The Kier molecular flexibility index (Phi) is 6.89. The van der Waals surface area contributed by atoms with Gasteiger partial charge in [-0.15, -0.1) is 0 Å². The number of anilines is 2. The normalized spacial score (nSPS) is 18.5. The highest BCUT2D eigenvalue weighted by Crippen LogP contribution is 2.28. The Morgan fingerprint density at radius 1 is 1.06 bits per heavy atom. The lowest BCUT2D eigenvalue weighted by molar-refractivity contribution is 0.0943. The number of nitrogens with one attached hydrogen (secondary N) is 2. The molecule has 0 saturated heterocycles. The maximum atomic E-state index is 12.4. The summed E-state index contributed by atoms with van der Waals surface area (Å²) < 4.78 is 1.07. The summed E-state index contributed by atoms with van der Waals surface area (Å²) in [5.41, 5.74) is 1.68. The molecule has 31 heavy (non-hydrogen) atoms. The van der Waals surface area contributed by atoms with E-state index in [9.17, 15) is 4.79 Å². The summed E-state index contributed by atoms with van der Waals surface area (Å²) in [6.07, 6.45) is 4.27. The number of para-hydroxylation sites is 1. The lowest BCUT2D eigenvalue weighted by Gasteiger charge is -2.29. The van der Waals surface area contributed by atoms with E-state index < -0.39 is 0 Å². The summed E-state index contributed by atoms with van der Waals surface area (Å²) >= 11 is 2.23. The topological polar surface area (TPSA) is 70.2 Å². The van der Waals surface area contributed by atoms with Crippen molar-refractivity contribution in [2.45, 2.75) is 31.7 Å². The zero-order valence-corrected chi connectivity index (χ0v) is 20.1. The number of hydrogen-bond donors (Lipinski definition) is 2. The Labute approximate surface area is 197 Å². The number of amides is 1. The molecule has 1 aliphatic rings. The van der Waals surface area contributed by atoms with Gasteiger partial charge in [0.25, 0.3) is 5.91 Å². The van der Waals surface area contributed by atoms with Crippen LogP contribution in [0.3, 0.4) is 0 Å². The van der Waals surface area contributed by atoms with E-state index in [1.165, 1.54) is 0 Å². The van der Waals surface area contributed by atoms with Gasteiger partial charge in [0, 0.05) is 41.2 Å². The van der Waals surface area contributed by atoms with Gasteiger partial charge in [-0.1, -0.05) is 18.2 Å². The van der Waals surface area contributed by atoms with Crippen LogP contribution in [0.25, 0.3) is 10.9 Å². The highest BCUT2D eigenvalue weighted by molar-refractivity contribution is 14.1. The molecule has 1 heterocycles. The fourth-order valence-corrected chi connectivity index (χ4v) is 4.67. The molecule has 1 amide bonds. The summed E-state index contributed by atoms with van der Waals surface area (Å²) in [4.78, 5) is 23.9. The molecule has 6 nitrogen and oxygen atoms in total. The first-order chi connectivity index (χ1) is 15.0. The van der Waals surface area contributed by atoms with Gasteiger partial charge in [0.2, 0.25) is 5.95 Å². The van der Waals surface area contributed by atoms with Crippen molar-refractivity contribution in [2.24, 2.45) is 5.92 Å². The third kappa shape index (κ3) is 5.44. The zero-order chi connectivity index (χ0) is 21.8. The largest absolute Gasteiger partial charge is 0.362 e. The van der Waals surface area contributed by atoms with E-state index in [4.69, 9.17) is 9.97 Å². The standard InChI is InChI=1S/C24H28IN5O/c1-30(2)22-20-8-3-4-9-21(20)28-24(29-22)27-19-12-10-16(11-13-19)15-26-23(31)17-6-5-7-18(25)14-17/h3-9,14,16,19H,10-13,15H2,1-2H3,(H,26,31)(H,27,28,29)/t16-,19+. The van der Waals surface area contributed by atoms with Crippen molar-refractivity contribution in [1.82, 2.24) is 15.3 Å². The second-order valence-electron chi connectivity index (χ2n) is 8.36. The minimum Gasteiger partial charge on any atom is -0.362 e. The number of aromatic nitrogens is 2. The van der Waals surface area contributed by atoms with Gasteiger partial charge in [-0.05, 0) is 84.5 Å². The number of carbonyl (C=O) groups is 1. The van der Waals surface area contributed by atoms with Crippen molar-refractivity contribution in [3.63, 3.8) is 0 Å². The minimum absolute atomic E-state index is 0.0135. The van der Waals surface area contributed by atoms with Crippen molar-refractivity contribution in [2.75, 3.05) is 30.9 Å². The van der Waals surface area contributed by atoms with Crippen LogP contribution in [0, 0.1) is 9.49 Å². The minimum atomic E-state index is 0.0135. The maximum absolute atomic E-state index is 12.4. The zero-order valence-electron chi connectivity index (χ0n) is 17.9. The fraction of sp³-hybridized carbons (Fsp3) is 0.375. The quantitative estimate of drug-likeness (QED) is 0.453. The van der Waals surface area contributed by atoms with Gasteiger partial charge in [0.15, 0.2) is 0 Å². The van der Waals surface area contributed by atoms with Crippen LogP contribution >= 0.6 is 22.6 Å². The third-order valence-electron chi connectivity index (χ3n) is 5.82. The van der Waals surface area contributed by atoms with Gasteiger partial charge in [-0.2, -0.15) is 4.98 Å². The van der Waals surface area contributed by atoms with Crippen LogP contribution in [0.15, 0.2) is 48.5 Å². The van der Waals surface area contributed by atoms with Crippen LogP contribution in [-0.2, 0) is 0 Å². The molecule has 162 valence electrons. The summed E-state index contributed by atoms with van der Waals surface area (Å²) in [6, 6.07) is 16.2. The molecular formula is C24H28IN5O. The Bertz CT molecular complexity index is 1060. The summed E-state index contributed by atoms with van der Waals surface area (Å²) in [5, 5.41) is 7.72. The first-order valence-corrected chi connectivity index (χ1v) is 11.8. The molecule has 0 radical (unpaired) electrons. The number of benzene rings is 2. The van der Waals surface area contributed by atoms with Crippen LogP contribution in [0.5, 0.6) is 0 Å². The van der Waals surface area contributed by atoms with E-state index in [0.29, 0.717) is 17.9 Å². The van der Waals surface area contributed by atoms with Crippen LogP contribution in [0.4, 0.5) is 11.8 Å². The number of rotatable bonds is 6. The van der Waals surface area contributed by atoms with Gasteiger partial charge < -0.3 is 15.5 Å².